The van der Waals surface area contributed by atoms with Crippen LogP contribution in [0.25, 0.3) is 0 Å². The Kier molecular flexibility index (Phi) is 7.59. The maximum atomic E-state index is 14.8. The lowest BCUT2D eigenvalue weighted by atomic mass is 9.88. The third-order valence-electron chi connectivity index (χ3n) is 5.21. The van der Waals surface area contributed by atoms with Gasteiger partial charge in [-0.1, -0.05) is 20.3 Å². The van der Waals surface area contributed by atoms with Crippen LogP contribution < -0.4 is 5.32 Å². The Hall–Kier alpha value is -1.50. The summed E-state index contributed by atoms with van der Waals surface area (Å²) in [4.78, 5) is 17.7. The molecule has 160 valence electrons. The van der Waals surface area contributed by atoms with Crippen molar-refractivity contribution in [3.8, 4) is 0 Å². The van der Waals surface area contributed by atoms with Gasteiger partial charge < -0.3 is 10.1 Å². The summed E-state index contributed by atoms with van der Waals surface area (Å²) in [5, 5.41) is 2.84. The highest BCUT2D eigenvalue weighted by Crippen LogP contribution is 2.31. The van der Waals surface area contributed by atoms with E-state index in [9.17, 15) is 13.6 Å². The molecule has 0 bridgehead atoms. The Morgan fingerprint density at radius 3 is 2.50 bits per heavy atom. The van der Waals surface area contributed by atoms with E-state index >= 15 is 0 Å². The molecule has 0 aromatic heterocycles. The topological polar surface area (TPSA) is 53.9 Å². The first-order valence-corrected chi connectivity index (χ1v) is 10.4. The van der Waals surface area contributed by atoms with Crippen molar-refractivity contribution in [1.82, 2.24) is 10.2 Å². The van der Waals surface area contributed by atoms with Gasteiger partial charge >= 0.3 is 6.09 Å². The fourth-order valence-corrected chi connectivity index (χ4v) is 3.69. The first-order valence-electron chi connectivity index (χ1n) is 10.4. The number of hydrogen-bond acceptors (Lipinski definition) is 4. The molecule has 2 rings (SSSR count). The average molecular weight is 400 g/mol. The van der Waals surface area contributed by atoms with Crippen LogP contribution in [0.5, 0.6) is 0 Å². The SMILES string of the molecule is CCCC1=CN=C(C(F)(F)CN2CCC(NC(=O)OC(C)(C)C)CC2)CC1C. The van der Waals surface area contributed by atoms with E-state index in [2.05, 4.69) is 17.2 Å². The number of ether oxygens (including phenoxy) is 1. The second-order valence-electron chi connectivity index (χ2n) is 9.04. The van der Waals surface area contributed by atoms with Crippen LogP contribution >= 0.6 is 0 Å². The number of halogens is 2. The monoisotopic (exact) mass is 399 g/mol. The van der Waals surface area contributed by atoms with Gasteiger partial charge in [-0.05, 0) is 57.9 Å². The van der Waals surface area contributed by atoms with Crippen LogP contribution in [0.3, 0.4) is 0 Å². The van der Waals surface area contributed by atoms with Crippen molar-refractivity contribution in [3.63, 3.8) is 0 Å². The number of hydrogen-bond donors (Lipinski definition) is 1. The molecular formula is C21H35F2N3O2. The van der Waals surface area contributed by atoms with E-state index in [1.807, 2.05) is 27.7 Å². The van der Waals surface area contributed by atoms with Gasteiger partial charge in [-0.15, -0.1) is 0 Å². The zero-order chi connectivity index (χ0) is 20.9. The Balaban J connectivity index is 1.84. The molecule has 0 saturated carbocycles. The summed E-state index contributed by atoms with van der Waals surface area (Å²) >= 11 is 0. The van der Waals surface area contributed by atoms with Crippen molar-refractivity contribution in [2.45, 2.75) is 84.3 Å². The van der Waals surface area contributed by atoms with E-state index in [1.54, 1.807) is 11.1 Å². The Bertz CT molecular complexity index is 603. The molecule has 1 saturated heterocycles. The molecule has 28 heavy (non-hydrogen) atoms. The molecule has 0 radical (unpaired) electrons. The number of nitrogens with one attached hydrogen (secondary N) is 1. The van der Waals surface area contributed by atoms with Crippen molar-refractivity contribution in [1.29, 1.82) is 0 Å². The quantitative estimate of drug-likeness (QED) is 0.700. The maximum Gasteiger partial charge on any atom is 0.407 e. The molecule has 1 N–H and O–H groups in total. The molecule has 7 heteroatoms. The van der Waals surface area contributed by atoms with Gasteiger partial charge in [-0.2, -0.15) is 8.78 Å². The van der Waals surface area contributed by atoms with Crippen LogP contribution in [-0.4, -0.2) is 53.9 Å². The number of alkyl halides is 2. The van der Waals surface area contributed by atoms with Gasteiger partial charge in [0, 0.05) is 25.3 Å². The first kappa shape index (κ1) is 22.8. The summed E-state index contributed by atoms with van der Waals surface area (Å²) in [6, 6.07) is -0.0358. The number of piperidine rings is 1. The summed E-state index contributed by atoms with van der Waals surface area (Å²) in [7, 11) is 0. The molecule has 2 aliphatic heterocycles. The number of aliphatic imine (C=N–C) groups is 1. The van der Waals surface area contributed by atoms with Gasteiger partial charge in [0.05, 0.1) is 12.3 Å². The highest BCUT2D eigenvalue weighted by molar-refractivity contribution is 5.93. The number of amides is 1. The summed E-state index contributed by atoms with van der Waals surface area (Å²) in [6.07, 6.45) is 4.73. The molecule has 5 nitrogen and oxygen atoms in total. The Morgan fingerprint density at radius 2 is 1.96 bits per heavy atom. The third-order valence-corrected chi connectivity index (χ3v) is 5.21. The van der Waals surface area contributed by atoms with Gasteiger partial charge in [0.1, 0.15) is 5.60 Å². The zero-order valence-electron chi connectivity index (χ0n) is 17.9. The second-order valence-corrected chi connectivity index (χ2v) is 9.04. The highest BCUT2D eigenvalue weighted by atomic mass is 19.3. The van der Waals surface area contributed by atoms with Gasteiger partial charge in [0.25, 0.3) is 5.92 Å². The van der Waals surface area contributed by atoms with Crippen LogP contribution in [0.2, 0.25) is 0 Å². The number of alkyl carbamates (subject to hydrolysis) is 1. The normalized spacial score (nSPS) is 22.5. The minimum atomic E-state index is -2.92. The average Bonchev–Trinajstić information content (AvgIpc) is 2.56. The number of carbonyl (C=O) groups is 1. The minimum absolute atomic E-state index is 0.00569. The molecule has 1 atom stereocenters. The minimum Gasteiger partial charge on any atom is -0.444 e. The smallest absolute Gasteiger partial charge is 0.407 e. The summed E-state index contributed by atoms with van der Waals surface area (Å²) in [5.41, 5.74) is 0.612. The van der Waals surface area contributed by atoms with E-state index in [-0.39, 0.29) is 24.2 Å². The predicted molar refractivity (Wildman–Crippen MR) is 108 cm³/mol. The zero-order valence-corrected chi connectivity index (χ0v) is 17.9. The van der Waals surface area contributed by atoms with Crippen molar-refractivity contribution in [3.05, 3.63) is 11.8 Å². The van der Waals surface area contributed by atoms with Crippen LogP contribution in [0, 0.1) is 5.92 Å². The van der Waals surface area contributed by atoms with Crippen molar-refractivity contribution in [2.75, 3.05) is 19.6 Å². The molecule has 0 spiro atoms. The number of allylic oxidation sites excluding steroid dienone is 1. The van der Waals surface area contributed by atoms with Crippen LogP contribution in [0.15, 0.2) is 16.8 Å². The van der Waals surface area contributed by atoms with Crippen molar-refractivity contribution < 1.29 is 18.3 Å². The highest BCUT2D eigenvalue weighted by Gasteiger charge is 2.40. The lowest BCUT2D eigenvalue weighted by Crippen LogP contribution is -2.50. The van der Waals surface area contributed by atoms with E-state index in [4.69, 9.17) is 4.74 Å². The van der Waals surface area contributed by atoms with Crippen LogP contribution in [-0.2, 0) is 4.74 Å². The van der Waals surface area contributed by atoms with Crippen molar-refractivity contribution >= 4 is 11.8 Å². The van der Waals surface area contributed by atoms with E-state index in [0.717, 1.165) is 18.4 Å². The fourth-order valence-electron chi connectivity index (χ4n) is 3.69. The molecule has 1 unspecified atom stereocenters. The van der Waals surface area contributed by atoms with Gasteiger partial charge in [-0.25, -0.2) is 4.79 Å². The van der Waals surface area contributed by atoms with Crippen LogP contribution in [0.4, 0.5) is 13.6 Å². The van der Waals surface area contributed by atoms with E-state index < -0.39 is 17.6 Å². The lowest BCUT2D eigenvalue weighted by molar-refractivity contribution is 0.0180. The second kappa shape index (κ2) is 9.33. The number of carbonyl (C=O) groups excluding carboxylic acids is 1. The van der Waals surface area contributed by atoms with Gasteiger partial charge in [-0.3, -0.25) is 9.89 Å². The molecule has 0 aromatic carbocycles. The molecule has 1 amide bonds. The number of nitrogens with zero attached hydrogens (tertiary/aromatic N) is 2. The lowest BCUT2D eigenvalue weighted by Gasteiger charge is -2.35. The van der Waals surface area contributed by atoms with E-state index in [0.29, 0.717) is 32.4 Å². The van der Waals surface area contributed by atoms with E-state index in [1.165, 1.54) is 0 Å². The molecular weight excluding hydrogens is 364 g/mol. The van der Waals surface area contributed by atoms with Gasteiger partial charge in [0.2, 0.25) is 0 Å². The van der Waals surface area contributed by atoms with Crippen LogP contribution in [0.1, 0.15) is 66.7 Å². The summed E-state index contributed by atoms with van der Waals surface area (Å²) < 4.78 is 34.8. The molecule has 1 fully saturated rings. The largest absolute Gasteiger partial charge is 0.444 e. The Labute approximate surface area is 167 Å². The first-order chi connectivity index (χ1) is 13.0. The third kappa shape index (κ3) is 6.83. The fraction of sp³-hybridized carbons (Fsp3) is 0.810. The molecule has 2 aliphatic rings. The number of likely N-dealkylation sites (tertiary alicyclic amines) is 1. The van der Waals surface area contributed by atoms with Crippen molar-refractivity contribution in [2.24, 2.45) is 10.9 Å². The standard InChI is InChI=1S/C21H35F2N3O2/c1-6-7-16-13-24-18(12-15(16)2)21(22,23)14-26-10-8-17(9-11-26)25-19(27)28-20(3,4)5/h13,15,17H,6-12,14H2,1-5H3,(H,25,27). The van der Waals surface area contributed by atoms with Gasteiger partial charge in [0.15, 0.2) is 0 Å². The molecule has 0 aromatic rings. The maximum absolute atomic E-state index is 14.8. The number of rotatable bonds is 6. The summed E-state index contributed by atoms with van der Waals surface area (Å²) in [5.74, 6) is -2.80. The summed E-state index contributed by atoms with van der Waals surface area (Å²) in [6.45, 7) is 10.3. The predicted octanol–water partition coefficient (Wildman–Crippen LogP) is 4.78. The molecule has 0 aliphatic carbocycles. The molecule has 2 heterocycles. The Morgan fingerprint density at radius 1 is 1.32 bits per heavy atom.